The van der Waals surface area contributed by atoms with Gasteiger partial charge in [-0.2, -0.15) is 0 Å². The number of pyridine rings is 1. The Labute approximate surface area is 106 Å². The van der Waals surface area contributed by atoms with Gasteiger partial charge < -0.3 is 4.57 Å². The molecule has 3 aromatic rings. The third kappa shape index (κ3) is 1.93. The number of rotatable bonds is 2. The lowest BCUT2D eigenvalue weighted by Gasteiger charge is -2.03. The minimum atomic E-state index is 0.696. The maximum atomic E-state index is 4.27. The highest BCUT2D eigenvalue weighted by Gasteiger charge is 2.06. The van der Waals surface area contributed by atoms with Gasteiger partial charge in [-0.25, -0.2) is 0 Å². The highest BCUT2D eigenvalue weighted by Crippen LogP contribution is 2.25. The Balaban J connectivity index is 2.07. The van der Waals surface area contributed by atoms with E-state index in [1.165, 1.54) is 0 Å². The van der Waals surface area contributed by atoms with Crippen LogP contribution in [0.2, 0.25) is 0 Å². The van der Waals surface area contributed by atoms with Crippen molar-refractivity contribution < 1.29 is 0 Å². The Kier molecular flexibility index (Phi) is 2.60. The summed E-state index contributed by atoms with van der Waals surface area (Å²) in [5.74, 6) is 0. The van der Waals surface area contributed by atoms with Crippen LogP contribution in [0.1, 0.15) is 5.69 Å². The van der Waals surface area contributed by atoms with Crippen LogP contribution in [0.3, 0.4) is 0 Å². The number of fused-ring (bicyclic) bond motifs is 1. The molecule has 3 aromatic heterocycles. The maximum absolute atomic E-state index is 4.27. The first kappa shape index (κ1) is 10.4. The monoisotopic (exact) mass is 288 g/mol. The molecule has 3 rings (SSSR count). The van der Waals surface area contributed by atoms with E-state index in [1.54, 1.807) is 24.8 Å². The molecule has 0 atom stereocenters. The lowest BCUT2D eigenvalue weighted by molar-refractivity contribution is 0.797. The van der Waals surface area contributed by atoms with Crippen molar-refractivity contribution in [1.29, 1.82) is 0 Å². The van der Waals surface area contributed by atoms with E-state index in [2.05, 4.69) is 35.4 Å². The average molecular weight is 289 g/mol. The second kappa shape index (κ2) is 4.25. The van der Waals surface area contributed by atoms with Gasteiger partial charge in [0.2, 0.25) is 0 Å². The summed E-state index contributed by atoms with van der Waals surface area (Å²) < 4.78 is 3.18. The van der Waals surface area contributed by atoms with Gasteiger partial charge in [0, 0.05) is 34.6 Å². The zero-order valence-electron chi connectivity index (χ0n) is 8.92. The number of hydrogen-bond donors (Lipinski definition) is 0. The van der Waals surface area contributed by atoms with E-state index in [0.29, 0.717) is 6.54 Å². The molecule has 0 amide bonds. The van der Waals surface area contributed by atoms with Gasteiger partial charge >= 0.3 is 0 Å². The second-order valence-electron chi connectivity index (χ2n) is 3.69. The fourth-order valence-corrected chi connectivity index (χ4v) is 2.39. The zero-order valence-corrected chi connectivity index (χ0v) is 10.5. The third-order valence-corrected chi connectivity index (χ3v) is 3.22. The van der Waals surface area contributed by atoms with Gasteiger partial charge in [-0.15, -0.1) is 0 Å². The van der Waals surface area contributed by atoms with Gasteiger partial charge in [0.1, 0.15) is 0 Å². The fraction of sp³-hybridized carbons (Fsp3) is 0.0833. The molecule has 0 saturated heterocycles. The zero-order chi connectivity index (χ0) is 11.7. The molecule has 0 fully saturated rings. The summed E-state index contributed by atoms with van der Waals surface area (Å²) in [5, 5.41) is 1.16. The first-order valence-electron chi connectivity index (χ1n) is 5.18. The smallest absolute Gasteiger partial charge is 0.0783 e. The number of halogens is 1. The van der Waals surface area contributed by atoms with E-state index in [1.807, 2.05) is 18.5 Å². The van der Waals surface area contributed by atoms with Crippen molar-refractivity contribution in [2.24, 2.45) is 0 Å². The average Bonchev–Trinajstić information content (AvgIpc) is 2.69. The first-order chi connectivity index (χ1) is 8.34. The van der Waals surface area contributed by atoms with Crippen LogP contribution in [-0.2, 0) is 6.54 Å². The molecule has 0 aliphatic rings. The molecule has 3 heterocycles. The van der Waals surface area contributed by atoms with Crippen molar-refractivity contribution in [2.45, 2.75) is 6.54 Å². The maximum Gasteiger partial charge on any atom is 0.0783 e. The summed E-state index contributed by atoms with van der Waals surface area (Å²) >= 11 is 3.55. The molecule has 0 bridgehead atoms. The Bertz CT molecular complexity index is 648. The quantitative estimate of drug-likeness (QED) is 0.728. The van der Waals surface area contributed by atoms with Crippen LogP contribution in [0.15, 0.2) is 47.7 Å². The van der Waals surface area contributed by atoms with Gasteiger partial charge in [-0.3, -0.25) is 15.0 Å². The molecule has 0 saturated carbocycles. The van der Waals surface area contributed by atoms with E-state index in [0.717, 1.165) is 21.1 Å². The molecule has 5 heteroatoms. The molecule has 0 N–H and O–H groups in total. The number of hydrogen-bond acceptors (Lipinski definition) is 3. The summed E-state index contributed by atoms with van der Waals surface area (Å²) in [7, 11) is 0. The molecular formula is C12H9BrN4. The lowest BCUT2D eigenvalue weighted by atomic mass is 10.3. The Hall–Kier alpha value is -1.75. The van der Waals surface area contributed by atoms with Crippen molar-refractivity contribution in [3.8, 4) is 0 Å². The molecule has 17 heavy (non-hydrogen) atoms. The fourth-order valence-electron chi connectivity index (χ4n) is 1.81. The van der Waals surface area contributed by atoms with Crippen LogP contribution in [-0.4, -0.2) is 19.5 Å². The summed E-state index contributed by atoms with van der Waals surface area (Å²) in [6.07, 6.45) is 10.8. The van der Waals surface area contributed by atoms with Crippen molar-refractivity contribution in [2.75, 3.05) is 0 Å². The van der Waals surface area contributed by atoms with Crippen molar-refractivity contribution >= 4 is 26.8 Å². The highest BCUT2D eigenvalue weighted by atomic mass is 79.9. The van der Waals surface area contributed by atoms with Crippen LogP contribution >= 0.6 is 15.9 Å². The molecule has 0 aliphatic carbocycles. The van der Waals surface area contributed by atoms with Crippen molar-refractivity contribution in [3.63, 3.8) is 0 Å². The predicted molar refractivity (Wildman–Crippen MR) is 68.6 cm³/mol. The third-order valence-electron chi connectivity index (χ3n) is 2.58. The van der Waals surface area contributed by atoms with Crippen molar-refractivity contribution in [3.05, 3.63) is 53.4 Å². The highest BCUT2D eigenvalue weighted by molar-refractivity contribution is 9.10. The summed E-state index contributed by atoms with van der Waals surface area (Å²) in [4.78, 5) is 12.5. The standard InChI is InChI=1S/C12H9BrN4/c13-11-8-17(7-9-5-15-3-4-16-9)12-6-14-2-1-10(11)12/h1-6,8H,7H2. The van der Waals surface area contributed by atoms with Crippen LogP contribution in [0.5, 0.6) is 0 Å². The molecule has 0 unspecified atom stereocenters. The van der Waals surface area contributed by atoms with Crippen LogP contribution in [0.4, 0.5) is 0 Å². The van der Waals surface area contributed by atoms with E-state index >= 15 is 0 Å². The van der Waals surface area contributed by atoms with E-state index in [9.17, 15) is 0 Å². The molecule has 84 valence electrons. The van der Waals surface area contributed by atoms with Crippen LogP contribution < -0.4 is 0 Å². The summed E-state index contributed by atoms with van der Waals surface area (Å²) in [6.45, 7) is 0.696. The molecule has 0 aromatic carbocycles. The SMILES string of the molecule is Brc1cn(Cc2cnccn2)c2cnccc12. The molecule has 4 nitrogen and oxygen atoms in total. The largest absolute Gasteiger partial charge is 0.339 e. The van der Waals surface area contributed by atoms with Crippen LogP contribution in [0, 0.1) is 0 Å². The predicted octanol–water partition coefficient (Wildman–Crippen LogP) is 2.64. The molecule has 0 radical (unpaired) electrons. The Morgan fingerprint density at radius 3 is 2.82 bits per heavy atom. The van der Waals surface area contributed by atoms with Gasteiger partial charge in [0.05, 0.1) is 30.1 Å². The molecule has 0 spiro atoms. The number of aromatic nitrogens is 4. The lowest BCUT2D eigenvalue weighted by Crippen LogP contribution is -2.00. The number of nitrogens with zero attached hydrogens (tertiary/aromatic N) is 4. The van der Waals surface area contributed by atoms with Crippen LogP contribution in [0.25, 0.3) is 10.9 Å². The van der Waals surface area contributed by atoms with Gasteiger partial charge in [0.25, 0.3) is 0 Å². The van der Waals surface area contributed by atoms with E-state index in [4.69, 9.17) is 0 Å². The second-order valence-corrected chi connectivity index (χ2v) is 4.55. The summed E-state index contributed by atoms with van der Waals surface area (Å²) in [5.41, 5.74) is 2.02. The topological polar surface area (TPSA) is 43.6 Å². The first-order valence-corrected chi connectivity index (χ1v) is 5.97. The van der Waals surface area contributed by atoms with Gasteiger partial charge in [-0.1, -0.05) is 0 Å². The van der Waals surface area contributed by atoms with Gasteiger partial charge in [-0.05, 0) is 22.0 Å². The minimum absolute atomic E-state index is 0.696. The normalized spacial score (nSPS) is 10.9. The Morgan fingerprint density at radius 1 is 1.12 bits per heavy atom. The molecular weight excluding hydrogens is 280 g/mol. The van der Waals surface area contributed by atoms with Crippen molar-refractivity contribution in [1.82, 2.24) is 19.5 Å². The van der Waals surface area contributed by atoms with E-state index < -0.39 is 0 Å². The van der Waals surface area contributed by atoms with Gasteiger partial charge in [0.15, 0.2) is 0 Å². The Morgan fingerprint density at radius 2 is 2.00 bits per heavy atom. The summed E-state index contributed by atoms with van der Waals surface area (Å²) in [6, 6.07) is 1.99. The van der Waals surface area contributed by atoms with E-state index in [-0.39, 0.29) is 0 Å². The molecule has 0 aliphatic heterocycles. The minimum Gasteiger partial charge on any atom is -0.339 e.